The molecule has 4 aromatic rings. The van der Waals surface area contributed by atoms with Crippen molar-refractivity contribution in [3.05, 3.63) is 90.3 Å². The lowest BCUT2D eigenvalue weighted by atomic mass is 9.86. The maximum absolute atomic E-state index is 13.4. The third-order valence-corrected chi connectivity index (χ3v) is 6.91. The van der Waals surface area contributed by atoms with Crippen molar-refractivity contribution in [3.8, 4) is 0 Å². The fraction of sp³-hybridized carbons (Fsp3) is 0.241. The number of benzene rings is 3. The molecule has 3 N–H and O–H groups in total. The molecule has 0 radical (unpaired) electrons. The lowest BCUT2D eigenvalue weighted by Crippen LogP contribution is -2.50. The smallest absolute Gasteiger partial charge is 0.254 e. The zero-order valence-corrected chi connectivity index (χ0v) is 20.0. The Morgan fingerprint density at radius 1 is 1.00 bits per heavy atom. The minimum atomic E-state index is -0.742. The van der Waals surface area contributed by atoms with E-state index in [0.717, 1.165) is 33.5 Å². The van der Waals surface area contributed by atoms with Gasteiger partial charge in [0.1, 0.15) is 5.92 Å². The van der Waals surface area contributed by atoms with Crippen molar-refractivity contribution < 1.29 is 14.4 Å². The Hall–Kier alpha value is -4.26. The summed E-state index contributed by atoms with van der Waals surface area (Å²) < 4.78 is 0. The monoisotopic (exact) mass is 480 g/mol. The fourth-order valence-electron chi connectivity index (χ4n) is 4.86. The summed E-state index contributed by atoms with van der Waals surface area (Å²) in [5.74, 6) is -1.65. The van der Waals surface area contributed by atoms with E-state index in [-0.39, 0.29) is 30.2 Å². The molecule has 1 aliphatic rings. The molecule has 0 saturated carbocycles. The number of hydrogen-bond acceptors (Lipinski definition) is 4. The van der Waals surface area contributed by atoms with E-state index >= 15 is 0 Å². The summed E-state index contributed by atoms with van der Waals surface area (Å²) >= 11 is 0. The Labute approximate surface area is 209 Å². The summed E-state index contributed by atoms with van der Waals surface area (Å²) in [5.41, 5.74) is 1.32. The Morgan fingerprint density at radius 2 is 1.75 bits per heavy atom. The Balaban J connectivity index is 1.43. The first kappa shape index (κ1) is 23.5. The molecule has 36 heavy (non-hydrogen) atoms. The number of nitrogens with zero attached hydrogens (tertiary/aromatic N) is 1. The van der Waals surface area contributed by atoms with Crippen LogP contribution in [0.1, 0.15) is 35.3 Å². The van der Waals surface area contributed by atoms with Crippen LogP contribution in [0.2, 0.25) is 0 Å². The van der Waals surface area contributed by atoms with E-state index in [4.69, 9.17) is 0 Å². The number of hydrogen-bond donors (Lipinski definition) is 3. The van der Waals surface area contributed by atoms with Gasteiger partial charge in [-0.25, -0.2) is 0 Å². The number of nitrogens with one attached hydrogen (secondary N) is 3. The predicted molar refractivity (Wildman–Crippen MR) is 139 cm³/mol. The topological polar surface area (TPSA) is 100 Å². The molecular formula is C29H28N4O3. The van der Waals surface area contributed by atoms with Crippen LogP contribution in [-0.4, -0.2) is 35.8 Å². The number of aromatic nitrogens is 1. The van der Waals surface area contributed by atoms with Gasteiger partial charge in [0.25, 0.3) is 5.91 Å². The first-order chi connectivity index (χ1) is 17.5. The third kappa shape index (κ3) is 4.77. The van der Waals surface area contributed by atoms with Crippen LogP contribution >= 0.6 is 0 Å². The van der Waals surface area contributed by atoms with Gasteiger partial charge in [-0.05, 0) is 40.1 Å². The van der Waals surface area contributed by atoms with E-state index in [1.807, 2.05) is 73.7 Å². The van der Waals surface area contributed by atoms with Gasteiger partial charge >= 0.3 is 0 Å². The molecule has 2 heterocycles. The SMILES string of the molecule is CC1CCNC(=O)C1C(=O)NC[C@H](NC(=O)c1cncc2ccccc12)c1ccc2ccccc2c1. The lowest BCUT2D eigenvalue weighted by molar-refractivity contribution is -0.139. The summed E-state index contributed by atoms with van der Waals surface area (Å²) in [7, 11) is 0. The highest BCUT2D eigenvalue weighted by molar-refractivity contribution is 6.06. The Kier molecular flexibility index (Phi) is 6.62. The molecule has 7 heteroatoms. The zero-order chi connectivity index (χ0) is 25.1. The summed E-state index contributed by atoms with van der Waals surface area (Å²) in [6, 6.07) is 21.0. The molecule has 0 aliphatic carbocycles. The first-order valence-electron chi connectivity index (χ1n) is 12.2. The highest BCUT2D eigenvalue weighted by Crippen LogP contribution is 2.24. The van der Waals surface area contributed by atoms with E-state index < -0.39 is 12.0 Å². The van der Waals surface area contributed by atoms with Gasteiger partial charge in [0, 0.05) is 30.9 Å². The van der Waals surface area contributed by atoms with Crippen molar-refractivity contribution in [3.63, 3.8) is 0 Å². The van der Waals surface area contributed by atoms with Gasteiger partial charge in [-0.1, -0.05) is 67.6 Å². The van der Waals surface area contributed by atoms with Gasteiger partial charge in [-0.15, -0.1) is 0 Å². The maximum atomic E-state index is 13.4. The molecule has 182 valence electrons. The van der Waals surface area contributed by atoms with Crippen LogP contribution in [-0.2, 0) is 9.59 Å². The highest BCUT2D eigenvalue weighted by atomic mass is 16.2. The number of rotatable bonds is 6. The molecule has 1 aromatic heterocycles. The summed E-state index contributed by atoms with van der Waals surface area (Å²) in [6.07, 6.45) is 4.04. The molecule has 0 bridgehead atoms. The number of carbonyl (C=O) groups is 3. The van der Waals surface area contributed by atoms with Crippen LogP contribution < -0.4 is 16.0 Å². The second-order valence-corrected chi connectivity index (χ2v) is 9.32. The van der Waals surface area contributed by atoms with E-state index in [0.29, 0.717) is 12.1 Å². The standard InChI is InChI=1S/C29H28N4O3/c1-18-12-13-31-28(35)26(18)29(36)32-17-25(21-11-10-19-6-2-3-7-20(19)14-21)33-27(34)24-16-30-15-22-8-4-5-9-23(22)24/h2-11,14-16,18,25-26H,12-13,17H2,1H3,(H,31,35)(H,32,36)(H,33,34)/t18?,25-,26?/m0/s1. The predicted octanol–water partition coefficient (Wildman–Crippen LogP) is 3.75. The normalized spacial score (nSPS) is 18.4. The number of fused-ring (bicyclic) bond motifs is 2. The van der Waals surface area contributed by atoms with Crippen LogP contribution in [0.15, 0.2) is 79.1 Å². The van der Waals surface area contributed by atoms with Crippen molar-refractivity contribution >= 4 is 39.3 Å². The second kappa shape index (κ2) is 10.2. The number of amides is 3. The Morgan fingerprint density at radius 3 is 2.56 bits per heavy atom. The van der Waals surface area contributed by atoms with Crippen LogP contribution in [0.5, 0.6) is 0 Å². The zero-order valence-electron chi connectivity index (χ0n) is 20.0. The van der Waals surface area contributed by atoms with Crippen LogP contribution in [0.4, 0.5) is 0 Å². The molecule has 3 amide bonds. The van der Waals surface area contributed by atoms with Gasteiger partial charge in [0.2, 0.25) is 11.8 Å². The Bertz CT molecular complexity index is 1450. The summed E-state index contributed by atoms with van der Waals surface area (Å²) in [5, 5.41) is 12.6. The maximum Gasteiger partial charge on any atom is 0.254 e. The van der Waals surface area contributed by atoms with Gasteiger partial charge in [0.05, 0.1) is 11.6 Å². The van der Waals surface area contributed by atoms with Gasteiger partial charge in [0.15, 0.2) is 0 Å². The van der Waals surface area contributed by atoms with E-state index in [1.54, 1.807) is 12.4 Å². The molecule has 0 spiro atoms. The van der Waals surface area contributed by atoms with Gasteiger partial charge in [-0.2, -0.15) is 0 Å². The average molecular weight is 481 g/mol. The number of piperidine rings is 1. The second-order valence-electron chi connectivity index (χ2n) is 9.32. The van der Waals surface area contributed by atoms with Crippen molar-refractivity contribution in [2.45, 2.75) is 19.4 Å². The van der Waals surface area contributed by atoms with Gasteiger partial charge < -0.3 is 16.0 Å². The van der Waals surface area contributed by atoms with Crippen molar-refractivity contribution in [2.24, 2.45) is 11.8 Å². The lowest BCUT2D eigenvalue weighted by Gasteiger charge is -2.28. The minimum Gasteiger partial charge on any atom is -0.355 e. The minimum absolute atomic E-state index is 0.0470. The molecule has 3 aromatic carbocycles. The number of pyridine rings is 1. The van der Waals surface area contributed by atoms with Crippen LogP contribution in [0.25, 0.3) is 21.5 Å². The third-order valence-electron chi connectivity index (χ3n) is 6.91. The molecular weight excluding hydrogens is 452 g/mol. The largest absolute Gasteiger partial charge is 0.355 e. The molecule has 1 aliphatic heterocycles. The van der Waals surface area contributed by atoms with Crippen LogP contribution in [0.3, 0.4) is 0 Å². The quantitative estimate of drug-likeness (QED) is 0.366. The highest BCUT2D eigenvalue weighted by Gasteiger charge is 2.35. The molecule has 5 rings (SSSR count). The summed E-state index contributed by atoms with van der Waals surface area (Å²) in [4.78, 5) is 43.0. The van der Waals surface area contributed by atoms with E-state index in [1.165, 1.54) is 0 Å². The van der Waals surface area contributed by atoms with Crippen molar-refractivity contribution in [1.82, 2.24) is 20.9 Å². The molecule has 7 nitrogen and oxygen atoms in total. The first-order valence-corrected chi connectivity index (χ1v) is 12.2. The van der Waals surface area contributed by atoms with Crippen molar-refractivity contribution in [1.29, 1.82) is 0 Å². The van der Waals surface area contributed by atoms with Crippen LogP contribution in [0, 0.1) is 11.8 Å². The summed E-state index contributed by atoms with van der Waals surface area (Å²) in [6.45, 7) is 2.65. The van der Waals surface area contributed by atoms with E-state index in [9.17, 15) is 14.4 Å². The molecule has 1 fully saturated rings. The number of carbonyl (C=O) groups excluding carboxylic acids is 3. The molecule has 3 atom stereocenters. The molecule has 1 saturated heterocycles. The van der Waals surface area contributed by atoms with Crippen molar-refractivity contribution in [2.75, 3.05) is 13.1 Å². The molecule has 2 unspecified atom stereocenters. The fourth-order valence-corrected chi connectivity index (χ4v) is 4.86. The van der Waals surface area contributed by atoms with E-state index in [2.05, 4.69) is 20.9 Å². The van der Waals surface area contributed by atoms with Gasteiger partial charge in [-0.3, -0.25) is 19.4 Å². The average Bonchev–Trinajstić information content (AvgIpc) is 2.90.